The molecule has 0 radical (unpaired) electrons. The number of rotatable bonds is 5. The maximum Gasteiger partial charge on any atom is 0.407 e. The molecule has 4 nitrogen and oxygen atoms in total. The highest BCUT2D eigenvalue weighted by Crippen LogP contribution is 2.37. The lowest BCUT2D eigenvalue weighted by atomic mass is 9.85. The van der Waals surface area contributed by atoms with Crippen molar-refractivity contribution in [3.05, 3.63) is 0 Å². The van der Waals surface area contributed by atoms with Crippen LogP contribution in [0.1, 0.15) is 59.8 Å². The van der Waals surface area contributed by atoms with E-state index in [9.17, 15) is 18.0 Å². The molecule has 2 N–H and O–H groups in total. The Balaban J connectivity index is 2.24. The van der Waals surface area contributed by atoms with Crippen LogP contribution < -0.4 is 10.6 Å². The van der Waals surface area contributed by atoms with Gasteiger partial charge in [-0.1, -0.05) is 6.42 Å². The molecule has 7 heteroatoms. The van der Waals surface area contributed by atoms with E-state index in [0.717, 1.165) is 6.42 Å². The fourth-order valence-corrected chi connectivity index (χ4v) is 2.76. The Labute approximate surface area is 136 Å². The van der Waals surface area contributed by atoms with Crippen LogP contribution in [0.5, 0.6) is 0 Å². The van der Waals surface area contributed by atoms with Gasteiger partial charge in [-0.3, -0.25) is 0 Å². The topological polar surface area (TPSA) is 50.4 Å². The molecular formula is C16H29F3N2O2. The van der Waals surface area contributed by atoms with Crippen molar-refractivity contribution >= 4 is 6.09 Å². The Bertz CT molecular complexity index is 381. The summed E-state index contributed by atoms with van der Waals surface area (Å²) >= 11 is 0. The van der Waals surface area contributed by atoms with Gasteiger partial charge in [-0.05, 0) is 59.9 Å². The molecule has 0 aromatic rings. The summed E-state index contributed by atoms with van der Waals surface area (Å²) in [6.07, 6.45) is -2.15. The van der Waals surface area contributed by atoms with Crippen molar-refractivity contribution in [3.8, 4) is 0 Å². The summed E-state index contributed by atoms with van der Waals surface area (Å²) in [5.41, 5.74) is -0.545. The van der Waals surface area contributed by atoms with E-state index in [4.69, 9.17) is 4.74 Å². The Kier molecular flexibility index (Phi) is 7.17. The normalized spacial score (nSPS) is 24.1. The first-order chi connectivity index (χ1) is 10.5. The first-order valence-electron chi connectivity index (χ1n) is 8.27. The fourth-order valence-electron chi connectivity index (χ4n) is 2.76. The van der Waals surface area contributed by atoms with Crippen LogP contribution in [0.25, 0.3) is 0 Å². The van der Waals surface area contributed by atoms with Gasteiger partial charge in [0.15, 0.2) is 0 Å². The van der Waals surface area contributed by atoms with E-state index >= 15 is 0 Å². The Morgan fingerprint density at radius 1 is 1.26 bits per heavy atom. The number of carbonyl (C=O) groups excluding carboxylic acids is 1. The van der Waals surface area contributed by atoms with E-state index in [0.29, 0.717) is 19.4 Å². The summed E-state index contributed by atoms with van der Waals surface area (Å²) < 4.78 is 43.4. The molecule has 1 fully saturated rings. The minimum atomic E-state index is -4.09. The number of ether oxygens (including phenoxy) is 1. The van der Waals surface area contributed by atoms with Crippen molar-refractivity contribution in [2.24, 2.45) is 5.92 Å². The molecule has 136 valence electrons. The lowest BCUT2D eigenvalue weighted by Gasteiger charge is -2.31. The van der Waals surface area contributed by atoms with Crippen LogP contribution in [0.4, 0.5) is 18.0 Å². The van der Waals surface area contributed by atoms with E-state index in [1.165, 1.54) is 0 Å². The van der Waals surface area contributed by atoms with Crippen LogP contribution in [0, 0.1) is 5.92 Å². The predicted octanol–water partition coefficient (Wildman–Crippen LogP) is 4.00. The van der Waals surface area contributed by atoms with Gasteiger partial charge in [0.1, 0.15) is 5.60 Å². The zero-order valence-electron chi connectivity index (χ0n) is 14.4. The zero-order valence-corrected chi connectivity index (χ0v) is 14.4. The van der Waals surface area contributed by atoms with Gasteiger partial charge in [-0.15, -0.1) is 0 Å². The molecule has 1 amide bonds. The number of carbonyl (C=O) groups is 1. The minimum absolute atomic E-state index is 0.0934. The van der Waals surface area contributed by atoms with Gasteiger partial charge in [-0.25, -0.2) is 4.79 Å². The van der Waals surface area contributed by atoms with Gasteiger partial charge in [0.2, 0.25) is 0 Å². The quantitative estimate of drug-likeness (QED) is 0.796. The molecule has 0 spiro atoms. The number of alkyl carbamates (subject to hydrolysis) is 1. The molecule has 1 aliphatic carbocycles. The number of alkyl halides is 3. The maximum absolute atomic E-state index is 12.8. The minimum Gasteiger partial charge on any atom is -0.444 e. The van der Waals surface area contributed by atoms with Crippen molar-refractivity contribution in [1.29, 1.82) is 0 Å². The summed E-state index contributed by atoms with van der Waals surface area (Å²) in [4.78, 5) is 11.6. The summed E-state index contributed by atoms with van der Waals surface area (Å²) in [7, 11) is 0. The van der Waals surface area contributed by atoms with Crippen molar-refractivity contribution in [2.75, 3.05) is 6.54 Å². The van der Waals surface area contributed by atoms with Gasteiger partial charge >= 0.3 is 12.3 Å². The second-order valence-electron chi connectivity index (χ2n) is 7.39. The number of nitrogens with one attached hydrogen (secondary N) is 2. The largest absolute Gasteiger partial charge is 0.444 e. The first kappa shape index (κ1) is 20.1. The highest BCUT2D eigenvalue weighted by atomic mass is 19.4. The number of halogens is 3. The summed E-state index contributed by atoms with van der Waals surface area (Å²) in [5, 5.41) is 5.91. The molecule has 1 saturated carbocycles. The molecule has 0 bridgehead atoms. The van der Waals surface area contributed by atoms with Gasteiger partial charge in [0, 0.05) is 12.1 Å². The van der Waals surface area contributed by atoms with Crippen LogP contribution in [0.15, 0.2) is 0 Å². The third kappa shape index (κ3) is 8.44. The monoisotopic (exact) mass is 338 g/mol. The van der Waals surface area contributed by atoms with Crippen LogP contribution in [-0.4, -0.2) is 36.5 Å². The molecular weight excluding hydrogens is 309 g/mol. The lowest BCUT2D eigenvalue weighted by molar-refractivity contribution is -0.183. The molecule has 1 rings (SSSR count). The molecule has 1 aliphatic rings. The van der Waals surface area contributed by atoms with Crippen LogP contribution in [0.2, 0.25) is 0 Å². The van der Waals surface area contributed by atoms with E-state index in [-0.39, 0.29) is 24.9 Å². The second-order valence-corrected chi connectivity index (χ2v) is 7.39. The highest BCUT2D eigenvalue weighted by Gasteiger charge is 2.41. The van der Waals surface area contributed by atoms with Crippen molar-refractivity contribution in [1.82, 2.24) is 10.6 Å². The van der Waals surface area contributed by atoms with Crippen molar-refractivity contribution in [3.63, 3.8) is 0 Å². The summed E-state index contributed by atoms with van der Waals surface area (Å²) in [6, 6.07) is -0.191. The number of amides is 1. The Morgan fingerprint density at radius 2 is 1.91 bits per heavy atom. The highest BCUT2D eigenvalue weighted by molar-refractivity contribution is 5.67. The maximum atomic E-state index is 12.8. The van der Waals surface area contributed by atoms with E-state index in [1.54, 1.807) is 20.8 Å². The van der Waals surface area contributed by atoms with Crippen LogP contribution in [-0.2, 0) is 4.74 Å². The van der Waals surface area contributed by atoms with Crippen molar-refractivity contribution < 1.29 is 22.7 Å². The third-order valence-corrected chi connectivity index (χ3v) is 3.91. The fraction of sp³-hybridized carbons (Fsp3) is 0.938. The smallest absolute Gasteiger partial charge is 0.407 e. The summed E-state index contributed by atoms with van der Waals surface area (Å²) in [5.74, 6) is -1.19. The lowest BCUT2D eigenvalue weighted by Crippen LogP contribution is -2.42. The van der Waals surface area contributed by atoms with Gasteiger partial charge < -0.3 is 15.4 Å². The average Bonchev–Trinajstić information content (AvgIpc) is 2.35. The second kappa shape index (κ2) is 8.22. The zero-order chi connectivity index (χ0) is 17.7. The van der Waals surface area contributed by atoms with Gasteiger partial charge in [0.05, 0.1) is 5.92 Å². The van der Waals surface area contributed by atoms with Gasteiger partial charge in [0.25, 0.3) is 0 Å². The van der Waals surface area contributed by atoms with Crippen molar-refractivity contribution in [2.45, 2.75) is 83.7 Å². The molecule has 3 atom stereocenters. The molecule has 0 aromatic carbocycles. The standard InChI is InChI=1S/C16H29F3N2O2/c1-11(21-14(22)23-15(2,3)4)8-9-20-13-7-5-6-12(10-13)16(17,18)19/h11-13,20H,5-10H2,1-4H3,(H,21,22). The van der Waals surface area contributed by atoms with E-state index in [1.807, 2.05) is 6.92 Å². The van der Waals surface area contributed by atoms with E-state index < -0.39 is 23.8 Å². The average molecular weight is 338 g/mol. The number of hydrogen-bond acceptors (Lipinski definition) is 3. The molecule has 0 aliphatic heterocycles. The molecule has 0 saturated heterocycles. The molecule has 0 aromatic heterocycles. The molecule has 23 heavy (non-hydrogen) atoms. The molecule has 3 unspecified atom stereocenters. The third-order valence-electron chi connectivity index (χ3n) is 3.91. The van der Waals surface area contributed by atoms with E-state index in [2.05, 4.69) is 10.6 Å². The Hall–Kier alpha value is -0.980. The Morgan fingerprint density at radius 3 is 2.48 bits per heavy atom. The first-order valence-corrected chi connectivity index (χ1v) is 8.27. The molecule has 0 heterocycles. The predicted molar refractivity (Wildman–Crippen MR) is 83.3 cm³/mol. The SMILES string of the molecule is CC(CCNC1CCCC(C(F)(F)F)C1)NC(=O)OC(C)(C)C. The number of hydrogen-bond donors (Lipinski definition) is 2. The summed E-state index contributed by atoms with van der Waals surface area (Å²) in [6.45, 7) is 7.80. The van der Waals surface area contributed by atoms with Crippen LogP contribution >= 0.6 is 0 Å². The van der Waals surface area contributed by atoms with Crippen LogP contribution in [0.3, 0.4) is 0 Å². The van der Waals surface area contributed by atoms with Gasteiger partial charge in [-0.2, -0.15) is 13.2 Å².